The summed E-state index contributed by atoms with van der Waals surface area (Å²) in [7, 11) is -2.11. The number of imidazole rings is 1. The summed E-state index contributed by atoms with van der Waals surface area (Å²) in [5.41, 5.74) is -0.355. The van der Waals surface area contributed by atoms with Crippen LogP contribution in [0.4, 0.5) is 0 Å². The number of halogens is 1. The Bertz CT molecular complexity index is 565. The maximum absolute atomic E-state index is 12.2. The SMILES string of the molecule is Cn1cnc(S(=O)(=O)NCC2(CO)CCCCC2)c1Cl. The van der Waals surface area contributed by atoms with Gasteiger partial charge in [-0.15, -0.1) is 0 Å². The molecule has 0 unspecified atom stereocenters. The summed E-state index contributed by atoms with van der Waals surface area (Å²) in [6.45, 7) is 0.213. The van der Waals surface area contributed by atoms with E-state index < -0.39 is 10.0 Å². The summed E-state index contributed by atoms with van der Waals surface area (Å²) in [6, 6.07) is 0. The van der Waals surface area contributed by atoms with E-state index in [1.807, 2.05) is 0 Å². The first-order chi connectivity index (χ1) is 9.40. The smallest absolute Gasteiger partial charge is 0.261 e. The fraction of sp³-hybridized carbons (Fsp3) is 0.750. The monoisotopic (exact) mass is 321 g/mol. The number of hydrogen-bond acceptors (Lipinski definition) is 4. The van der Waals surface area contributed by atoms with Crippen LogP contribution in [0.1, 0.15) is 32.1 Å². The van der Waals surface area contributed by atoms with Crippen molar-refractivity contribution in [3.63, 3.8) is 0 Å². The van der Waals surface area contributed by atoms with E-state index in [0.29, 0.717) is 0 Å². The van der Waals surface area contributed by atoms with Crippen molar-refractivity contribution in [1.82, 2.24) is 14.3 Å². The van der Waals surface area contributed by atoms with Gasteiger partial charge in [-0.3, -0.25) is 0 Å². The van der Waals surface area contributed by atoms with Crippen molar-refractivity contribution in [2.24, 2.45) is 12.5 Å². The lowest BCUT2D eigenvalue weighted by molar-refractivity contribution is 0.0867. The van der Waals surface area contributed by atoms with E-state index in [4.69, 9.17) is 11.6 Å². The van der Waals surface area contributed by atoms with Gasteiger partial charge in [0.15, 0.2) is 0 Å². The summed E-state index contributed by atoms with van der Waals surface area (Å²) in [5.74, 6) is 0. The van der Waals surface area contributed by atoms with Crippen LogP contribution < -0.4 is 4.72 Å². The molecule has 1 aliphatic carbocycles. The third kappa shape index (κ3) is 3.16. The van der Waals surface area contributed by atoms with Gasteiger partial charge >= 0.3 is 0 Å². The summed E-state index contributed by atoms with van der Waals surface area (Å²) >= 11 is 5.92. The normalized spacial score (nSPS) is 19.1. The van der Waals surface area contributed by atoms with E-state index in [-0.39, 0.29) is 28.7 Å². The van der Waals surface area contributed by atoms with Gasteiger partial charge in [0, 0.05) is 25.6 Å². The highest BCUT2D eigenvalue weighted by molar-refractivity contribution is 7.89. The second-order valence-electron chi connectivity index (χ2n) is 5.49. The van der Waals surface area contributed by atoms with E-state index in [1.54, 1.807) is 7.05 Å². The van der Waals surface area contributed by atoms with Gasteiger partial charge in [-0.05, 0) is 12.8 Å². The molecule has 0 saturated heterocycles. The topological polar surface area (TPSA) is 84.2 Å². The van der Waals surface area contributed by atoms with Gasteiger partial charge in [-0.25, -0.2) is 18.1 Å². The van der Waals surface area contributed by atoms with Gasteiger partial charge in [0.05, 0.1) is 6.33 Å². The molecule has 6 nitrogen and oxygen atoms in total. The van der Waals surface area contributed by atoms with Crippen molar-refractivity contribution in [2.75, 3.05) is 13.2 Å². The lowest BCUT2D eigenvalue weighted by Gasteiger charge is -2.35. The number of nitrogens with zero attached hydrogens (tertiary/aromatic N) is 2. The second kappa shape index (κ2) is 6.01. The van der Waals surface area contributed by atoms with E-state index in [0.717, 1.165) is 32.1 Å². The van der Waals surface area contributed by atoms with Crippen molar-refractivity contribution in [2.45, 2.75) is 37.1 Å². The largest absolute Gasteiger partial charge is 0.396 e. The van der Waals surface area contributed by atoms with Gasteiger partial charge in [0.25, 0.3) is 10.0 Å². The van der Waals surface area contributed by atoms with Crippen molar-refractivity contribution < 1.29 is 13.5 Å². The molecule has 0 radical (unpaired) electrons. The third-order valence-electron chi connectivity index (χ3n) is 3.98. The molecule has 0 spiro atoms. The zero-order valence-corrected chi connectivity index (χ0v) is 13.0. The fourth-order valence-electron chi connectivity index (χ4n) is 2.58. The standard InChI is InChI=1S/C12H20ClN3O3S/c1-16-9-14-11(10(16)13)20(18,19)15-7-12(8-17)5-3-2-4-6-12/h9,15,17H,2-8H2,1H3. The molecular weight excluding hydrogens is 302 g/mol. The fourth-order valence-corrected chi connectivity index (χ4v) is 4.16. The molecule has 114 valence electrons. The van der Waals surface area contributed by atoms with Gasteiger partial charge in [-0.1, -0.05) is 30.9 Å². The molecule has 0 aromatic carbocycles. The molecule has 1 saturated carbocycles. The Labute approximate surface area is 124 Å². The lowest BCUT2D eigenvalue weighted by atomic mass is 9.75. The van der Waals surface area contributed by atoms with Crippen LogP contribution in [0.5, 0.6) is 0 Å². The maximum Gasteiger partial charge on any atom is 0.261 e. The van der Waals surface area contributed by atoms with Crippen LogP contribution in [-0.4, -0.2) is 36.2 Å². The second-order valence-corrected chi connectivity index (χ2v) is 7.54. The summed E-state index contributed by atoms with van der Waals surface area (Å²) in [6.07, 6.45) is 6.21. The van der Waals surface area contributed by atoms with Gasteiger partial charge in [0.1, 0.15) is 5.15 Å². The number of rotatable bonds is 5. The summed E-state index contributed by atoms with van der Waals surface area (Å²) in [4.78, 5) is 3.82. The Morgan fingerprint density at radius 2 is 2.10 bits per heavy atom. The van der Waals surface area contributed by atoms with Gasteiger partial charge < -0.3 is 9.67 Å². The minimum absolute atomic E-state index is 0.00846. The van der Waals surface area contributed by atoms with Crippen molar-refractivity contribution in [3.05, 3.63) is 11.5 Å². The van der Waals surface area contributed by atoms with Crippen LogP contribution in [-0.2, 0) is 17.1 Å². The van der Waals surface area contributed by atoms with Crippen LogP contribution >= 0.6 is 11.6 Å². The maximum atomic E-state index is 12.2. The van der Waals surface area contributed by atoms with Crippen LogP contribution in [0.2, 0.25) is 5.15 Å². The Kier molecular flexibility index (Phi) is 4.73. The molecule has 0 atom stereocenters. The summed E-state index contributed by atoms with van der Waals surface area (Å²) < 4.78 is 28.4. The number of aromatic nitrogens is 2. The molecule has 0 aliphatic heterocycles. The highest BCUT2D eigenvalue weighted by Crippen LogP contribution is 2.35. The Hall–Kier alpha value is -0.630. The minimum atomic E-state index is -3.74. The molecular formula is C12H20ClN3O3S. The molecule has 1 aromatic rings. The molecule has 2 rings (SSSR count). The van der Waals surface area contributed by atoms with Gasteiger partial charge in [-0.2, -0.15) is 0 Å². The third-order valence-corrected chi connectivity index (χ3v) is 5.87. The minimum Gasteiger partial charge on any atom is -0.396 e. The van der Waals surface area contributed by atoms with Crippen molar-refractivity contribution >= 4 is 21.6 Å². The first-order valence-electron chi connectivity index (χ1n) is 6.68. The van der Waals surface area contributed by atoms with Crippen LogP contribution in [0.25, 0.3) is 0 Å². The Morgan fingerprint density at radius 3 is 2.60 bits per heavy atom. The van der Waals surface area contributed by atoms with Gasteiger partial charge in [0.2, 0.25) is 5.03 Å². The predicted molar refractivity (Wildman–Crippen MR) is 76.0 cm³/mol. The number of aliphatic hydroxyl groups is 1. The highest BCUT2D eigenvalue weighted by Gasteiger charge is 2.33. The average molecular weight is 322 g/mol. The van der Waals surface area contributed by atoms with Crippen LogP contribution in [0.3, 0.4) is 0 Å². The quantitative estimate of drug-likeness (QED) is 0.856. The molecule has 0 amide bonds. The Balaban J connectivity index is 2.11. The van der Waals surface area contributed by atoms with Crippen molar-refractivity contribution in [3.8, 4) is 0 Å². The van der Waals surface area contributed by atoms with Crippen molar-refractivity contribution in [1.29, 1.82) is 0 Å². The van der Waals surface area contributed by atoms with E-state index in [2.05, 4.69) is 9.71 Å². The van der Waals surface area contributed by atoms with Crippen LogP contribution in [0.15, 0.2) is 11.4 Å². The van der Waals surface area contributed by atoms with Crippen LogP contribution in [0, 0.1) is 5.41 Å². The number of hydrogen-bond donors (Lipinski definition) is 2. The lowest BCUT2D eigenvalue weighted by Crippen LogP contribution is -2.41. The van der Waals surface area contributed by atoms with E-state index in [1.165, 1.54) is 10.9 Å². The number of aryl methyl sites for hydroxylation is 1. The number of nitrogens with one attached hydrogen (secondary N) is 1. The summed E-state index contributed by atoms with van der Waals surface area (Å²) in [5, 5.41) is 9.51. The molecule has 1 fully saturated rings. The zero-order valence-electron chi connectivity index (χ0n) is 11.5. The molecule has 0 bridgehead atoms. The molecule has 1 aliphatic rings. The van der Waals surface area contributed by atoms with E-state index >= 15 is 0 Å². The number of aliphatic hydroxyl groups excluding tert-OH is 1. The average Bonchev–Trinajstić information content (AvgIpc) is 2.79. The first kappa shape index (κ1) is 15.8. The molecule has 1 aromatic heterocycles. The number of sulfonamides is 1. The predicted octanol–water partition coefficient (Wildman–Crippen LogP) is 1.29. The highest BCUT2D eigenvalue weighted by atomic mass is 35.5. The van der Waals surface area contributed by atoms with E-state index in [9.17, 15) is 13.5 Å². The first-order valence-corrected chi connectivity index (χ1v) is 8.54. The molecule has 8 heteroatoms. The molecule has 2 N–H and O–H groups in total. The molecule has 20 heavy (non-hydrogen) atoms. The Morgan fingerprint density at radius 1 is 1.45 bits per heavy atom. The zero-order chi connectivity index (χ0) is 14.8. The molecule has 1 heterocycles.